The Bertz CT molecular complexity index is 996. The van der Waals surface area contributed by atoms with Crippen molar-refractivity contribution < 1.29 is 53.8 Å². The van der Waals surface area contributed by atoms with Crippen LogP contribution in [-0.2, 0) is 27.4 Å². The number of methoxy groups -OCH3 is 1. The van der Waals surface area contributed by atoms with Gasteiger partial charge in [0, 0.05) is 25.2 Å². The van der Waals surface area contributed by atoms with Crippen LogP contribution in [0.15, 0.2) is 48.5 Å². The summed E-state index contributed by atoms with van der Waals surface area (Å²) in [5.74, 6) is -1.09. The Morgan fingerprint density at radius 3 is 1.66 bits per heavy atom. The number of benzene rings is 2. The number of esters is 1. The molecule has 0 aromatic heterocycles. The first-order valence-corrected chi connectivity index (χ1v) is 11.0. The topological polar surface area (TPSA) is 141 Å². The second kappa shape index (κ2) is 13.9. The van der Waals surface area contributed by atoms with Crippen molar-refractivity contribution in [3.63, 3.8) is 0 Å². The standard InChI is InChI=1S/C12H16BNO3.C11H14BNO3.Li.H2O/c1-13(16)14-8-9-5-3-4-6-10(9)11(14)7-12(15)17-2;1-12(16)13-7-8-4-2-3-5-9(8)10(13)6-11(14)15;;/h3-6,11,16H,7-8H2,1-2H3;2-5,10,16H,6-7H2,1H3,(H,14,15);;1H2/q;;+1;/p-1. The van der Waals surface area contributed by atoms with Crippen molar-refractivity contribution in [2.45, 2.75) is 51.7 Å². The van der Waals surface area contributed by atoms with Crippen LogP contribution in [0.4, 0.5) is 0 Å². The van der Waals surface area contributed by atoms with Gasteiger partial charge in [0.05, 0.1) is 20.0 Å². The number of aliphatic carboxylic acids is 1. The average Bonchev–Trinajstić information content (AvgIpc) is 3.33. The molecule has 2 atom stereocenters. The van der Waals surface area contributed by atoms with Crippen molar-refractivity contribution in [1.82, 2.24) is 9.62 Å². The molecule has 12 heteroatoms. The van der Waals surface area contributed by atoms with Crippen LogP contribution in [0, 0.1) is 0 Å². The van der Waals surface area contributed by atoms with Crippen LogP contribution >= 0.6 is 0 Å². The number of rotatable bonds is 6. The SMILES string of the molecule is CB(O)N1Cc2ccccc2C1CC(=O)O.COC(=O)CC1c2ccccc2CN1B(C)O.[Li+].[OH-]. The summed E-state index contributed by atoms with van der Waals surface area (Å²) in [6, 6.07) is 15.4. The quantitative estimate of drug-likeness (QED) is 0.360. The molecule has 2 aliphatic heterocycles. The van der Waals surface area contributed by atoms with E-state index in [0.717, 1.165) is 16.7 Å². The Labute approximate surface area is 218 Å². The number of fused-ring (bicyclic) bond motifs is 2. The molecule has 2 unspecified atom stereocenters. The number of nitrogens with zero attached hydrogens (tertiary/aromatic N) is 2. The Hall–Kier alpha value is -2.09. The summed E-state index contributed by atoms with van der Waals surface area (Å²) in [6.45, 7) is 4.68. The fourth-order valence-electron chi connectivity index (χ4n) is 4.62. The van der Waals surface area contributed by atoms with Crippen molar-refractivity contribution in [2.24, 2.45) is 0 Å². The largest absolute Gasteiger partial charge is 1.00 e. The van der Waals surface area contributed by atoms with E-state index in [9.17, 15) is 19.6 Å². The molecule has 9 nitrogen and oxygen atoms in total. The number of carbonyl (C=O) groups excluding carboxylic acids is 1. The molecule has 0 radical (unpaired) electrons. The van der Waals surface area contributed by atoms with Crippen molar-refractivity contribution in [3.8, 4) is 0 Å². The van der Waals surface area contributed by atoms with Gasteiger partial charge < -0.3 is 35.0 Å². The van der Waals surface area contributed by atoms with Crippen LogP contribution in [0.5, 0.6) is 0 Å². The van der Waals surface area contributed by atoms with Crippen molar-refractivity contribution >= 4 is 26.0 Å². The van der Waals surface area contributed by atoms with E-state index in [-0.39, 0.29) is 55.2 Å². The summed E-state index contributed by atoms with van der Waals surface area (Å²) in [4.78, 5) is 25.9. The minimum Gasteiger partial charge on any atom is -0.870 e. The van der Waals surface area contributed by atoms with E-state index in [4.69, 9.17) is 9.84 Å². The molecular formula is C23H31B2LiN2O7. The number of carbonyl (C=O) groups is 2. The van der Waals surface area contributed by atoms with Crippen LogP contribution < -0.4 is 18.9 Å². The van der Waals surface area contributed by atoms with Gasteiger partial charge >= 0.3 is 44.9 Å². The van der Waals surface area contributed by atoms with Gasteiger partial charge in [0.2, 0.25) is 0 Å². The van der Waals surface area contributed by atoms with Gasteiger partial charge in [-0.3, -0.25) is 9.59 Å². The molecule has 2 heterocycles. The zero-order valence-corrected chi connectivity index (χ0v) is 20.7. The zero-order chi connectivity index (χ0) is 24.1. The number of hydrogen-bond acceptors (Lipinski definition) is 8. The van der Waals surface area contributed by atoms with Crippen LogP contribution in [0.2, 0.25) is 13.6 Å². The summed E-state index contributed by atoms with van der Waals surface area (Å²) in [6.07, 6.45) is 0.306. The maximum Gasteiger partial charge on any atom is 1.00 e. The predicted molar refractivity (Wildman–Crippen MR) is 128 cm³/mol. The molecule has 35 heavy (non-hydrogen) atoms. The third-order valence-electron chi connectivity index (χ3n) is 6.25. The van der Waals surface area contributed by atoms with Gasteiger partial charge in [0.1, 0.15) is 0 Å². The number of hydrogen-bond donors (Lipinski definition) is 3. The first-order chi connectivity index (χ1) is 15.7. The maximum absolute atomic E-state index is 11.4. The van der Waals surface area contributed by atoms with Gasteiger partial charge in [0.25, 0.3) is 0 Å². The van der Waals surface area contributed by atoms with Gasteiger partial charge in [-0.25, -0.2) is 0 Å². The molecule has 0 fully saturated rings. The molecule has 0 saturated carbocycles. The second-order valence-corrected chi connectivity index (χ2v) is 8.42. The molecule has 0 amide bonds. The fraction of sp³-hybridized carbons (Fsp3) is 0.391. The minimum absolute atomic E-state index is 0. The molecule has 4 N–H and O–H groups in total. The van der Waals surface area contributed by atoms with E-state index in [1.165, 1.54) is 12.7 Å². The summed E-state index contributed by atoms with van der Waals surface area (Å²) in [5.41, 5.74) is 4.40. The number of ether oxygens (including phenoxy) is 1. The van der Waals surface area contributed by atoms with Crippen LogP contribution in [0.3, 0.4) is 0 Å². The zero-order valence-electron chi connectivity index (χ0n) is 20.7. The van der Waals surface area contributed by atoms with Crippen LogP contribution in [-0.4, -0.2) is 63.4 Å². The molecule has 0 bridgehead atoms. The summed E-state index contributed by atoms with van der Waals surface area (Å²) < 4.78 is 4.71. The van der Waals surface area contributed by atoms with Crippen LogP contribution in [0.1, 0.15) is 47.2 Å². The van der Waals surface area contributed by atoms with E-state index in [0.29, 0.717) is 13.1 Å². The monoisotopic (exact) mass is 476 g/mol. The van der Waals surface area contributed by atoms with E-state index in [1.54, 1.807) is 18.5 Å². The van der Waals surface area contributed by atoms with E-state index in [2.05, 4.69) is 0 Å². The molecule has 0 saturated heterocycles. The van der Waals surface area contributed by atoms with Gasteiger partial charge in [-0.05, 0) is 35.9 Å². The molecule has 2 aromatic carbocycles. The predicted octanol–water partition coefficient (Wildman–Crippen LogP) is -0.828. The molecular weight excluding hydrogens is 445 g/mol. The molecule has 2 aromatic rings. The molecule has 2 aliphatic rings. The van der Waals surface area contributed by atoms with Crippen molar-refractivity contribution in [3.05, 3.63) is 70.8 Å². The smallest absolute Gasteiger partial charge is 0.870 e. The Morgan fingerprint density at radius 1 is 0.886 bits per heavy atom. The van der Waals surface area contributed by atoms with Crippen molar-refractivity contribution in [2.75, 3.05) is 7.11 Å². The molecule has 182 valence electrons. The Balaban J connectivity index is 0.000000332. The Kier molecular flexibility index (Phi) is 12.2. The summed E-state index contributed by atoms with van der Waals surface area (Å²) in [5, 5.41) is 28.3. The van der Waals surface area contributed by atoms with Gasteiger partial charge in [0.15, 0.2) is 0 Å². The molecule has 4 rings (SSSR count). The third-order valence-corrected chi connectivity index (χ3v) is 6.25. The average molecular weight is 476 g/mol. The second-order valence-electron chi connectivity index (χ2n) is 8.42. The maximum atomic E-state index is 11.4. The Morgan fingerprint density at radius 2 is 1.29 bits per heavy atom. The number of carboxylic acid groups (broad SMARTS) is 1. The summed E-state index contributed by atoms with van der Waals surface area (Å²) >= 11 is 0. The van der Waals surface area contributed by atoms with E-state index < -0.39 is 20.1 Å². The first-order valence-electron chi connectivity index (χ1n) is 11.0. The summed E-state index contributed by atoms with van der Waals surface area (Å²) in [7, 11) is 0.185. The van der Waals surface area contributed by atoms with Gasteiger partial charge in [-0.2, -0.15) is 0 Å². The molecule has 0 spiro atoms. The third kappa shape index (κ3) is 7.45. The minimum atomic E-state index is -0.840. The molecule has 0 aliphatic carbocycles. The van der Waals surface area contributed by atoms with E-state index in [1.807, 2.05) is 53.3 Å². The van der Waals surface area contributed by atoms with Gasteiger partial charge in [-0.15, -0.1) is 0 Å². The van der Waals surface area contributed by atoms with Crippen molar-refractivity contribution in [1.29, 1.82) is 0 Å². The van der Waals surface area contributed by atoms with Gasteiger partial charge in [-0.1, -0.05) is 48.5 Å². The van der Waals surface area contributed by atoms with Crippen LogP contribution in [0.25, 0.3) is 0 Å². The number of carboxylic acids is 1. The normalized spacial score (nSPS) is 18.1. The van der Waals surface area contributed by atoms with E-state index >= 15 is 0 Å². The first kappa shape index (κ1) is 30.9. The fourth-order valence-corrected chi connectivity index (χ4v) is 4.62.